The Bertz CT molecular complexity index is 944. The number of nitrogens with one attached hydrogen (secondary N) is 1. The predicted octanol–water partition coefficient (Wildman–Crippen LogP) is 1.08. The van der Waals surface area contributed by atoms with Gasteiger partial charge in [0.1, 0.15) is 6.54 Å². The maximum Gasteiger partial charge on any atom is 0.525 e. The standard InChI is InChI=1S/C15H19N4O9P/c1-4-16-15(20)10-7-13(19(21)22)18(17-10)8-9-5-11(26-2)14(12(6-9)27-3)28-29(23,24)25/h5-7H,4,8H2,1-3H3,(H,16,20)(H2,23,24,25). The van der Waals surface area contributed by atoms with Gasteiger partial charge in [0.2, 0.25) is 5.75 Å². The zero-order valence-corrected chi connectivity index (χ0v) is 16.6. The number of carbonyl (C=O) groups is 1. The highest BCUT2D eigenvalue weighted by Gasteiger charge is 2.26. The van der Waals surface area contributed by atoms with Gasteiger partial charge in [-0.1, -0.05) is 5.10 Å². The Kier molecular flexibility index (Phi) is 6.80. The van der Waals surface area contributed by atoms with E-state index in [2.05, 4.69) is 14.9 Å². The highest BCUT2D eigenvalue weighted by atomic mass is 31.2. The molecule has 1 aromatic heterocycles. The normalized spacial score (nSPS) is 11.1. The van der Waals surface area contributed by atoms with Crippen LogP contribution in [0.5, 0.6) is 17.2 Å². The third-order valence-corrected chi connectivity index (χ3v) is 4.00. The molecule has 2 aromatic rings. The number of rotatable bonds is 9. The Morgan fingerprint density at radius 3 is 2.31 bits per heavy atom. The molecule has 0 unspecified atom stereocenters. The second-order valence-corrected chi connectivity index (χ2v) is 6.74. The van der Waals surface area contributed by atoms with Crippen LogP contribution in [0.3, 0.4) is 0 Å². The van der Waals surface area contributed by atoms with E-state index in [1.807, 2.05) is 0 Å². The third kappa shape index (κ3) is 5.44. The fourth-order valence-corrected chi connectivity index (χ4v) is 2.86. The number of phosphoric ester groups is 1. The van der Waals surface area contributed by atoms with Crippen molar-refractivity contribution in [1.29, 1.82) is 0 Å². The number of phosphoric acid groups is 1. The van der Waals surface area contributed by atoms with E-state index in [1.54, 1.807) is 6.92 Å². The minimum absolute atomic E-state index is 0.0681. The molecular weight excluding hydrogens is 411 g/mol. The van der Waals surface area contributed by atoms with Crippen LogP contribution >= 0.6 is 7.82 Å². The Balaban J connectivity index is 2.47. The zero-order valence-electron chi connectivity index (χ0n) is 15.7. The molecule has 0 saturated carbocycles. The van der Waals surface area contributed by atoms with E-state index < -0.39 is 24.5 Å². The number of ether oxygens (including phenoxy) is 2. The van der Waals surface area contributed by atoms with Crippen LogP contribution in [0.2, 0.25) is 0 Å². The molecule has 0 radical (unpaired) electrons. The first-order valence-corrected chi connectivity index (χ1v) is 9.63. The lowest BCUT2D eigenvalue weighted by molar-refractivity contribution is -0.392. The van der Waals surface area contributed by atoms with Gasteiger partial charge in [-0.2, -0.15) is 0 Å². The van der Waals surface area contributed by atoms with Gasteiger partial charge in [0.05, 0.1) is 20.3 Å². The molecule has 0 saturated heterocycles. The van der Waals surface area contributed by atoms with Gasteiger partial charge in [-0.15, -0.1) is 4.68 Å². The molecule has 0 aliphatic rings. The molecule has 0 aliphatic heterocycles. The van der Waals surface area contributed by atoms with Gasteiger partial charge in [-0.3, -0.25) is 14.6 Å². The minimum atomic E-state index is -4.90. The fourth-order valence-electron chi connectivity index (χ4n) is 2.44. The summed E-state index contributed by atoms with van der Waals surface area (Å²) in [4.78, 5) is 40.7. The summed E-state index contributed by atoms with van der Waals surface area (Å²) in [6.07, 6.45) is 0. The summed E-state index contributed by atoms with van der Waals surface area (Å²) in [6.45, 7) is 1.87. The Morgan fingerprint density at radius 2 is 1.86 bits per heavy atom. The van der Waals surface area contributed by atoms with Crippen LogP contribution in [0.15, 0.2) is 18.2 Å². The summed E-state index contributed by atoms with van der Waals surface area (Å²) in [7, 11) is -2.41. The predicted molar refractivity (Wildman–Crippen MR) is 98.2 cm³/mol. The second kappa shape index (κ2) is 8.90. The molecule has 2 rings (SSSR count). The van der Waals surface area contributed by atoms with E-state index in [-0.39, 0.29) is 29.5 Å². The molecule has 0 fully saturated rings. The topological polar surface area (TPSA) is 175 Å². The van der Waals surface area contributed by atoms with Gasteiger partial charge in [0.15, 0.2) is 17.2 Å². The average Bonchev–Trinajstić information content (AvgIpc) is 3.05. The van der Waals surface area contributed by atoms with Crippen LogP contribution in [0, 0.1) is 10.1 Å². The van der Waals surface area contributed by atoms with Crippen LogP contribution < -0.4 is 19.3 Å². The van der Waals surface area contributed by atoms with Crippen molar-refractivity contribution in [3.63, 3.8) is 0 Å². The molecule has 0 bridgehead atoms. The van der Waals surface area contributed by atoms with Crippen LogP contribution in [0.1, 0.15) is 23.0 Å². The summed E-state index contributed by atoms with van der Waals surface area (Å²) in [5.74, 6) is -1.44. The van der Waals surface area contributed by atoms with Crippen molar-refractivity contribution < 1.29 is 38.1 Å². The molecule has 1 heterocycles. The number of hydrogen-bond donors (Lipinski definition) is 3. The average molecular weight is 430 g/mol. The molecule has 1 amide bonds. The summed E-state index contributed by atoms with van der Waals surface area (Å²) in [5.41, 5.74) is 0.254. The van der Waals surface area contributed by atoms with Crippen molar-refractivity contribution in [2.24, 2.45) is 0 Å². The van der Waals surface area contributed by atoms with Crippen molar-refractivity contribution in [2.45, 2.75) is 13.5 Å². The lowest BCUT2D eigenvalue weighted by Gasteiger charge is -2.15. The largest absolute Gasteiger partial charge is 0.525 e. The quantitative estimate of drug-likeness (QED) is 0.296. The molecule has 13 nitrogen and oxygen atoms in total. The number of carbonyl (C=O) groups excluding carboxylic acids is 1. The summed E-state index contributed by atoms with van der Waals surface area (Å²) >= 11 is 0. The molecule has 0 spiro atoms. The monoisotopic (exact) mass is 430 g/mol. The number of nitrogens with zero attached hydrogens (tertiary/aromatic N) is 3. The molecule has 0 atom stereocenters. The second-order valence-electron chi connectivity index (χ2n) is 5.57. The van der Waals surface area contributed by atoms with E-state index in [0.29, 0.717) is 12.1 Å². The van der Waals surface area contributed by atoms with Gasteiger partial charge in [0, 0.05) is 12.1 Å². The van der Waals surface area contributed by atoms with Crippen molar-refractivity contribution in [1.82, 2.24) is 15.1 Å². The maximum atomic E-state index is 11.9. The highest BCUT2D eigenvalue weighted by Crippen LogP contribution is 2.47. The van der Waals surface area contributed by atoms with Gasteiger partial charge in [-0.25, -0.2) is 4.57 Å². The Morgan fingerprint density at radius 1 is 1.28 bits per heavy atom. The Labute approximate surface area is 164 Å². The highest BCUT2D eigenvalue weighted by molar-refractivity contribution is 7.46. The van der Waals surface area contributed by atoms with Crippen molar-refractivity contribution in [2.75, 3.05) is 20.8 Å². The van der Waals surface area contributed by atoms with E-state index in [0.717, 1.165) is 10.7 Å². The molecule has 158 valence electrons. The first-order valence-electron chi connectivity index (χ1n) is 8.10. The number of nitro groups is 1. The fraction of sp³-hybridized carbons (Fsp3) is 0.333. The SMILES string of the molecule is CCNC(=O)c1cc([N+](=O)[O-])n(Cc2cc(OC)c(OP(=O)(O)O)c(OC)c2)n1. The number of amides is 1. The lowest BCUT2D eigenvalue weighted by Crippen LogP contribution is -2.23. The summed E-state index contributed by atoms with van der Waals surface area (Å²) < 4.78 is 27.0. The number of methoxy groups -OCH3 is 2. The lowest BCUT2D eigenvalue weighted by atomic mass is 10.2. The van der Waals surface area contributed by atoms with Crippen molar-refractivity contribution in [3.05, 3.63) is 39.6 Å². The minimum Gasteiger partial charge on any atom is -0.493 e. The third-order valence-electron chi connectivity index (χ3n) is 3.58. The van der Waals surface area contributed by atoms with Gasteiger partial charge < -0.3 is 29.4 Å². The molecule has 3 N–H and O–H groups in total. The maximum absolute atomic E-state index is 11.9. The van der Waals surface area contributed by atoms with E-state index in [4.69, 9.17) is 19.3 Å². The molecular formula is C15H19N4O9P. The van der Waals surface area contributed by atoms with Crippen LogP contribution in [0.25, 0.3) is 0 Å². The van der Waals surface area contributed by atoms with Crippen molar-refractivity contribution >= 4 is 19.5 Å². The molecule has 1 aromatic carbocycles. The smallest absolute Gasteiger partial charge is 0.493 e. The first kappa shape index (κ1) is 22.1. The zero-order chi connectivity index (χ0) is 21.8. The number of hydrogen-bond acceptors (Lipinski definition) is 8. The molecule has 0 aliphatic carbocycles. The molecule has 14 heteroatoms. The summed E-state index contributed by atoms with van der Waals surface area (Å²) in [5, 5.41) is 17.8. The van der Waals surface area contributed by atoms with E-state index in [9.17, 15) is 19.5 Å². The summed E-state index contributed by atoms with van der Waals surface area (Å²) in [6, 6.07) is 3.75. The Hall–Kier alpha value is -3.15. The first-order chi connectivity index (χ1) is 13.6. The van der Waals surface area contributed by atoms with E-state index >= 15 is 0 Å². The van der Waals surface area contributed by atoms with Gasteiger partial charge >= 0.3 is 13.6 Å². The molecule has 29 heavy (non-hydrogen) atoms. The van der Waals surface area contributed by atoms with Crippen LogP contribution in [0.4, 0.5) is 5.82 Å². The number of aromatic nitrogens is 2. The van der Waals surface area contributed by atoms with Crippen LogP contribution in [-0.4, -0.2) is 51.2 Å². The van der Waals surface area contributed by atoms with Gasteiger partial charge in [0.25, 0.3) is 5.91 Å². The van der Waals surface area contributed by atoms with E-state index in [1.165, 1.54) is 26.4 Å². The van der Waals surface area contributed by atoms with Gasteiger partial charge in [-0.05, 0) is 24.0 Å². The van der Waals surface area contributed by atoms with Crippen molar-refractivity contribution in [3.8, 4) is 17.2 Å². The van der Waals surface area contributed by atoms with Crippen LogP contribution in [-0.2, 0) is 11.1 Å². The number of benzene rings is 1.